The molecule has 1 heterocycles. The number of amides is 1. The van der Waals surface area contributed by atoms with Gasteiger partial charge in [-0.15, -0.1) is 23.7 Å². The number of thioether (sulfide) groups is 1. The monoisotopic (exact) mass is 361 g/mol. The van der Waals surface area contributed by atoms with E-state index in [1.54, 1.807) is 29.3 Å². The topological polar surface area (TPSA) is 68.0 Å². The molecule has 1 aromatic carbocycles. The molecule has 120 valence electrons. The second-order valence-corrected chi connectivity index (χ2v) is 6.28. The highest BCUT2D eigenvalue weighted by molar-refractivity contribution is 7.98. The number of carbonyl (C=O) groups excluding carboxylic acids is 1. The van der Waals surface area contributed by atoms with Gasteiger partial charge in [0.2, 0.25) is 0 Å². The molecule has 3 N–H and O–H groups in total. The van der Waals surface area contributed by atoms with Crippen molar-refractivity contribution < 1.29 is 9.18 Å². The van der Waals surface area contributed by atoms with Gasteiger partial charge in [-0.25, -0.2) is 9.37 Å². The van der Waals surface area contributed by atoms with Crippen molar-refractivity contribution in [2.45, 2.75) is 12.3 Å². The Labute approximate surface area is 143 Å². The average molecular weight is 362 g/mol. The highest BCUT2D eigenvalue weighted by Gasteiger charge is 2.09. The molecule has 0 saturated carbocycles. The molecule has 1 amide bonds. The predicted octanol–water partition coefficient (Wildman–Crippen LogP) is 2.83. The number of halogens is 2. The first-order valence-electron chi connectivity index (χ1n) is 6.44. The number of thiazole rings is 1. The maximum atomic E-state index is 13.4. The summed E-state index contributed by atoms with van der Waals surface area (Å²) >= 11 is 2.95. The minimum atomic E-state index is -0.197. The lowest BCUT2D eigenvalue weighted by Gasteiger charge is -2.04. The molecule has 1 aromatic heterocycles. The Bertz CT molecular complexity index is 609. The van der Waals surface area contributed by atoms with E-state index >= 15 is 0 Å². The first-order valence-corrected chi connectivity index (χ1v) is 8.48. The van der Waals surface area contributed by atoms with E-state index in [0.717, 1.165) is 5.01 Å². The van der Waals surface area contributed by atoms with E-state index in [-0.39, 0.29) is 24.1 Å². The maximum Gasteiger partial charge on any atom is 0.270 e. The van der Waals surface area contributed by atoms with Crippen molar-refractivity contribution in [3.8, 4) is 0 Å². The molecule has 0 fully saturated rings. The van der Waals surface area contributed by atoms with Crippen molar-refractivity contribution >= 4 is 41.4 Å². The summed E-state index contributed by atoms with van der Waals surface area (Å²) < 4.78 is 13.4. The van der Waals surface area contributed by atoms with E-state index in [1.807, 2.05) is 6.07 Å². The highest BCUT2D eigenvalue weighted by Crippen LogP contribution is 2.14. The number of rotatable bonds is 7. The van der Waals surface area contributed by atoms with Gasteiger partial charge in [0, 0.05) is 30.0 Å². The van der Waals surface area contributed by atoms with Crippen molar-refractivity contribution in [3.63, 3.8) is 0 Å². The zero-order valence-electron chi connectivity index (χ0n) is 11.8. The van der Waals surface area contributed by atoms with Crippen LogP contribution in [0.4, 0.5) is 4.39 Å². The lowest BCUT2D eigenvalue weighted by Crippen LogP contribution is -2.26. The summed E-state index contributed by atoms with van der Waals surface area (Å²) in [4.78, 5) is 15.9. The third-order valence-corrected chi connectivity index (χ3v) is 4.59. The molecular weight excluding hydrogens is 345 g/mol. The van der Waals surface area contributed by atoms with Crippen LogP contribution in [0.1, 0.15) is 21.1 Å². The van der Waals surface area contributed by atoms with E-state index in [1.165, 1.54) is 17.4 Å². The quantitative estimate of drug-likeness (QED) is 0.744. The zero-order valence-corrected chi connectivity index (χ0v) is 14.2. The van der Waals surface area contributed by atoms with Crippen LogP contribution in [0, 0.1) is 5.82 Å². The lowest BCUT2D eigenvalue weighted by atomic mass is 10.2. The van der Waals surface area contributed by atoms with Gasteiger partial charge in [-0.3, -0.25) is 4.79 Å². The molecule has 0 radical (unpaired) electrons. The molecule has 0 bridgehead atoms. The normalized spacial score (nSPS) is 10.1. The highest BCUT2D eigenvalue weighted by atomic mass is 35.5. The number of nitrogens with zero attached hydrogens (tertiary/aromatic N) is 1. The summed E-state index contributed by atoms with van der Waals surface area (Å²) in [6.07, 6.45) is 0. The van der Waals surface area contributed by atoms with Gasteiger partial charge in [-0.1, -0.05) is 18.2 Å². The Balaban J connectivity index is 0.00000242. The molecule has 0 spiro atoms. The number of nitrogens with one attached hydrogen (secondary N) is 1. The number of carbonyl (C=O) groups is 1. The summed E-state index contributed by atoms with van der Waals surface area (Å²) in [6.45, 7) is 0.865. The zero-order chi connectivity index (χ0) is 15.1. The Morgan fingerprint density at radius 1 is 1.41 bits per heavy atom. The lowest BCUT2D eigenvalue weighted by molar-refractivity contribution is 0.0951. The minimum absolute atomic E-state index is 0. The first-order chi connectivity index (χ1) is 10.2. The molecule has 8 heteroatoms. The standard InChI is InChI=1S/C14H16FN3OS2.ClH/c15-11-4-2-1-3-10(11)8-20-6-5-17-14(19)12-9-21-13(7-16)18-12;/h1-4,9H,5-8,16H2,(H,17,19);1H. The van der Waals surface area contributed by atoms with E-state index in [4.69, 9.17) is 5.73 Å². The minimum Gasteiger partial charge on any atom is -0.350 e. The molecule has 4 nitrogen and oxygen atoms in total. The number of aromatic nitrogens is 1. The molecule has 0 atom stereocenters. The van der Waals surface area contributed by atoms with Gasteiger partial charge in [0.1, 0.15) is 16.5 Å². The second kappa shape index (κ2) is 9.78. The van der Waals surface area contributed by atoms with Gasteiger partial charge >= 0.3 is 0 Å². The number of hydrogen-bond donors (Lipinski definition) is 2. The smallest absolute Gasteiger partial charge is 0.270 e. The molecule has 0 unspecified atom stereocenters. The molecule has 0 aliphatic carbocycles. The van der Waals surface area contributed by atoms with E-state index in [9.17, 15) is 9.18 Å². The Morgan fingerprint density at radius 3 is 2.86 bits per heavy atom. The van der Waals surface area contributed by atoms with Crippen LogP contribution in [0.2, 0.25) is 0 Å². The van der Waals surface area contributed by atoms with Crippen molar-refractivity contribution in [3.05, 3.63) is 51.7 Å². The molecule has 22 heavy (non-hydrogen) atoms. The van der Waals surface area contributed by atoms with Gasteiger partial charge in [0.25, 0.3) is 5.91 Å². The Kier molecular flexibility index (Phi) is 8.40. The van der Waals surface area contributed by atoms with Crippen LogP contribution >= 0.6 is 35.5 Å². The van der Waals surface area contributed by atoms with Crippen molar-refractivity contribution in [2.24, 2.45) is 5.73 Å². The Hall–Kier alpha value is -1.15. The Morgan fingerprint density at radius 2 is 2.18 bits per heavy atom. The fourth-order valence-corrected chi connectivity index (χ4v) is 3.13. The van der Waals surface area contributed by atoms with Gasteiger partial charge in [0.15, 0.2) is 0 Å². The molecule has 2 aromatic rings. The maximum absolute atomic E-state index is 13.4. The van der Waals surface area contributed by atoms with Crippen LogP contribution in [0.3, 0.4) is 0 Å². The SMILES string of the molecule is Cl.NCc1nc(C(=O)NCCSCc2ccccc2F)cs1. The van der Waals surface area contributed by atoms with Crippen molar-refractivity contribution in [1.29, 1.82) is 0 Å². The average Bonchev–Trinajstić information content (AvgIpc) is 2.97. The number of benzene rings is 1. The van der Waals surface area contributed by atoms with Gasteiger partial charge in [-0.2, -0.15) is 11.8 Å². The van der Waals surface area contributed by atoms with E-state index in [0.29, 0.717) is 35.9 Å². The van der Waals surface area contributed by atoms with Crippen LogP contribution in [0.5, 0.6) is 0 Å². The van der Waals surface area contributed by atoms with Crippen molar-refractivity contribution in [2.75, 3.05) is 12.3 Å². The van der Waals surface area contributed by atoms with Crippen LogP contribution in [0.15, 0.2) is 29.6 Å². The fraction of sp³-hybridized carbons (Fsp3) is 0.286. The van der Waals surface area contributed by atoms with Gasteiger partial charge < -0.3 is 11.1 Å². The van der Waals surface area contributed by atoms with Crippen LogP contribution in [-0.2, 0) is 12.3 Å². The molecule has 0 saturated heterocycles. The largest absolute Gasteiger partial charge is 0.350 e. The molecular formula is C14H17ClFN3OS2. The summed E-state index contributed by atoms with van der Waals surface area (Å²) in [5, 5.41) is 5.23. The summed E-state index contributed by atoms with van der Waals surface area (Å²) in [7, 11) is 0. The summed E-state index contributed by atoms with van der Waals surface area (Å²) in [5.41, 5.74) is 6.54. The number of hydrogen-bond acceptors (Lipinski definition) is 5. The summed E-state index contributed by atoms with van der Waals surface area (Å²) in [6, 6.07) is 6.71. The third-order valence-electron chi connectivity index (χ3n) is 2.71. The van der Waals surface area contributed by atoms with Crippen molar-refractivity contribution in [1.82, 2.24) is 10.3 Å². The van der Waals surface area contributed by atoms with E-state index < -0.39 is 0 Å². The van der Waals surface area contributed by atoms with Crippen LogP contribution in [0.25, 0.3) is 0 Å². The van der Waals surface area contributed by atoms with E-state index in [2.05, 4.69) is 10.3 Å². The predicted molar refractivity (Wildman–Crippen MR) is 92.1 cm³/mol. The first kappa shape index (κ1) is 18.9. The second-order valence-electron chi connectivity index (χ2n) is 4.23. The molecule has 0 aliphatic heterocycles. The fourth-order valence-electron chi connectivity index (χ4n) is 1.63. The summed E-state index contributed by atoms with van der Waals surface area (Å²) in [5.74, 6) is 0.924. The number of nitrogens with two attached hydrogens (primary N) is 1. The van der Waals surface area contributed by atoms with Crippen LogP contribution in [-0.4, -0.2) is 23.2 Å². The van der Waals surface area contributed by atoms with Gasteiger partial charge in [-0.05, 0) is 11.6 Å². The van der Waals surface area contributed by atoms with Gasteiger partial charge in [0.05, 0.1) is 0 Å². The third kappa shape index (κ3) is 5.57. The molecule has 2 rings (SSSR count). The molecule has 0 aliphatic rings. The van der Waals surface area contributed by atoms with Crippen LogP contribution < -0.4 is 11.1 Å².